The van der Waals surface area contributed by atoms with Gasteiger partial charge in [-0.2, -0.15) is 0 Å². The van der Waals surface area contributed by atoms with E-state index in [9.17, 15) is 0 Å². The van der Waals surface area contributed by atoms with Gasteiger partial charge in [-0.25, -0.2) is 4.98 Å². The Morgan fingerprint density at radius 1 is 1.54 bits per heavy atom. The van der Waals surface area contributed by atoms with Crippen LogP contribution in [0.1, 0.15) is 11.6 Å². The molecule has 0 atom stereocenters. The first-order valence-corrected chi connectivity index (χ1v) is 8.16. The molecule has 7 nitrogen and oxygen atoms in total. The van der Waals surface area contributed by atoms with Crippen LogP contribution in [0, 0.1) is 0 Å². The van der Waals surface area contributed by atoms with Crippen LogP contribution in [0.5, 0.6) is 0 Å². The summed E-state index contributed by atoms with van der Waals surface area (Å²) in [6, 6.07) is 3.85. The molecule has 0 aliphatic heterocycles. The summed E-state index contributed by atoms with van der Waals surface area (Å²) in [5.74, 6) is 2.60. The minimum atomic E-state index is 0.575. The highest BCUT2D eigenvalue weighted by atomic mass is 35.5. The van der Waals surface area contributed by atoms with Crippen LogP contribution in [-0.4, -0.2) is 54.3 Å². The summed E-state index contributed by atoms with van der Waals surface area (Å²) in [6.45, 7) is 2.49. The van der Waals surface area contributed by atoms with Crippen molar-refractivity contribution in [1.29, 1.82) is 0 Å². The normalized spacial score (nSPS) is 11.8. The molecule has 0 aliphatic carbocycles. The van der Waals surface area contributed by atoms with E-state index in [1.807, 2.05) is 35.7 Å². The van der Waals surface area contributed by atoms with E-state index in [2.05, 4.69) is 15.3 Å². The molecule has 2 heterocycles. The van der Waals surface area contributed by atoms with E-state index in [-0.39, 0.29) is 0 Å². The summed E-state index contributed by atoms with van der Waals surface area (Å²) >= 11 is 6.04. The van der Waals surface area contributed by atoms with Crippen molar-refractivity contribution in [2.24, 2.45) is 12.0 Å². The van der Waals surface area contributed by atoms with E-state index in [0.717, 1.165) is 30.5 Å². The maximum absolute atomic E-state index is 6.04. The van der Waals surface area contributed by atoms with Gasteiger partial charge in [0.15, 0.2) is 5.96 Å². The molecule has 0 saturated heterocycles. The first-order valence-electron chi connectivity index (χ1n) is 7.78. The van der Waals surface area contributed by atoms with Crippen LogP contribution < -0.4 is 5.32 Å². The molecular formula is C16H24ClN5O2. The molecule has 1 N–H and O–H groups in total. The first-order chi connectivity index (χ1) is 11.6. The molecule has 0 aromatic carbocycles. The predicted octanol–water partition coefficient (Wildman–Crippen LogP) is 1.93. The number of furan rings is 1. The third-order valence-electron chi connectivity index (χ3n) is 3.56. The minimum Gasteiger partial charge on any atom is -0.469 e. The molecule has 0 saturated carbocycles. The summed E-state index contributed by atoms with van der Waals surface area (Å²) in [4.78, 5) is 10.9. The number of halogens is 1. The average Bonchev–Trinajstić information content (AvgIpc) is 3.19. The zero-order chi connectivity index (χ0) is 17.4. The highest BCUT2D eigenvalue weighted by molar-refractivity contribution is 6.29. The van der Waals surface area contributed by atoms with E-state index < -0.39 is 0 Å². The number of guanidine groups is 1. The Morgan fingerprint density at radius 3 is 3.00 bits per heavy atom. The van der Waals surface area contributed by atoms with Crippen molar-refractivity contribution in [3.8, 4) is 0 Å². The van der Waals surface area contributed by atoms with Gasteiger partial charge < -0.3 is 23.9 Å². The summed E-state index contributed by atoms with van der Waals surface area (Å²) in [7, 11) is 5.53. The van der Waals surface area contributed by atoms with Crippen molar-refractivity contribution in [3.05, 3.63) is 41.3 Å². The van der Waals surface area contributed by atoms with E-state index in [1.54, 1.807) is 19.6 Å². The Balaban J connectivity index is 1.95. The number of rotatable bonds is 8. The molecule has 0 spiro atoms. The molecule has 0 unspecified atom stereocenters. The Labute approximate surface area is 147 Å². The SMILES string of the molecule is COCCN=C(NCCc1ccco1)N(C)Cc1ncc(Cl)n1C. The van der Waals surface area contributed by atoms with Crippen molar-refractivity contribution in [2.45, 2.75) is 13.0 Å². The standard InChI is InChI=1S/C16H24ClN5O2/c1-21(12-15-20-11-14(17)22(15)2)16(19-8-10-23-3)18-7-6-13-5-4-9-24-13/h4-5,9,11H,6-8,10,12H2,1-3H3,(H,18,19). The van der Waals surface area contributed by atoms with Crippen molar-refractivity contribution in [3.63, 3.8) is 0 Å². The van der Waals surface area contributed by atoms with Crippen LogP contribution in [0.2, 0.25) is 5.15 Å². The van der Waals surface area contributed by atoms with Gasteiger partial charge in [-0.05, 0) is 12.1 Å². The largest absolute Gasteiger partial charge is 0.469 e. The second kappa shape index (κ2) is 9.34. The summed E-state index contributed by atoms with van der Waals surface area (Å²) in [6.07, 6.45) is 4.12. The van der Waals surface area contributed by atoms with Gasteiger partial charge in [-0.15, -0.1) is 0 Å². The van der Waals surface area contributed by atoms with Gasteiger partial charge in [0.1, 0.15) is 16.7 Å². The van der Waals surface area contributed by atoms with Crippen LogP contribution in [0.3, 0.4) is 0 Å². The quantitative estimate of drug-likeness (QED) is 0.446. The Hall–Kier alpha value is -1.99. The number of nitrogens with one attached hydrogen (secondary N) is 1. The Kier molecular flexibility index (Phi) is 7.14. The molecule has 2 aromatic heterocycles. The lowest BCUT2D eigenvalue weighted by molar-refractivity contribution is 0.207. The fourth-order valence-electron chi connectivity index (χ4n) is 2.16. The molecule has 24 heavy (non-hydrogen) atoms. The first kappa shape index (κ1) is 18.4. The van der Waals surface area contributed by atoms with Gasteiger partial charge >= 0.3 is 0 Å². The zero-order valence-corrected chi connectivity index (χ0v) is 15.1. The lowest BCUT2D eigenvalue weighted by Crippen LogP contribution is -2.40. The Morgan fingerprint density at radius 2 is 2.38 bits per heavy atom. The number of aromatic nitrogens is 2. The molecule has 2 aromatic rings. The van der Waals surface area contributed by atoms with Gasteiger partial charge in [0, 0.05) is 34.2 Å². The molecular weight excluding hydrogens is 330 g/mol. The number of nitrogens with zero attached hydrogens (tertiary/aromatic N) is 4. The number of methoxy groups -OCH3 is 1. The second-order valence-corrected chi connectivity index (χ2v) is 5.75. The van der Waals surface area contributed by atoms with E-state index in [1.165, 1.54) is 0 Å². The number of aliphatic imine (C=N–C) groups is 1. The molecule has 132 valence electrons. The predicted molar refractivity (Wildman–Crippen MR) is 94.3 cm³/mol. The fraction of sp³-hybridized carbons (Fsp3) is 0.500. The lowest BCUT2D eigenvalue weighted by atomic mass is 10.3. The van der Waals surface area contributed by atoms with Crippen molar-refractivity contribution in [2.75, 3.05) is 33.9 Å². The maximum atomic E-state index is 6.04. The van der Waals surface area contributed by atoms with Gasteiger partial charge in [-0.1, -0.05) is 11.6 Å². The van der Waals surface area contributed by atoms with Gasteiger partial charge in [0.05, 0.1) is 32.2 Å². The average molecular weight is 354 g/mol. The molecule has 0 fully saturated rings. The van der Waals surface area contributed by atoms with E-state index >= 15 is 0 Å². The molecule has 0 radical (unpaired) electrons. The highest BCUT2D eigenvalue weighted by Crippen LogP contribution is 2.10. The molecule has 0 aliphatic rings. The fourth-order valence-corrected chi connectivity index (χ4v) is 2.31. The van der Waals surface area contributed by atoms with Crippen LogP contribution in [0.4, 0.5) is 0 Å². The summed E-state index contributed by atoms with van der Waals surface area (Å²) in [5.41, 5.74) is 0. The number of hydrogen-bond acceptors (Lipinski definition) is 4. The van der Waals surface area contributed by atoms with Gasteiger partial charge in [0.25, 0.3) is 0 Å². The Bertz CT molecular complexity index is 639. The number of hydrogen-bond donors (Lipinski definition) is 1. The van der Waals surface area contributed by atoms with Crippen LogP contribution in [0.25, 0.3) is 0 Å². The maximum Gasteiger partial charge on any atom is 0.194 e. The molecule has 0 amide bonds. The minimum absolute atomic E-state index is 0.575. The third-order valence-corrected chi connectivity index (χ3v) is 3.91. The van der Waals surface area contributed by atoms with Gasteiger partial charge in [-0.3, -0.25) is 4.99 Å². The molecule has 8 heteroatoms. The van der Waals surface area contributed by atoms with Crippen LogP contribution in [-0.2, 0) is 24.8 Å². The van der Waals surface area contributed by atoms with Crippen LogP contribution >= 0.6 is 11.6 Å². The summed E-state index contributed by atoms with van der Waals surface area (Å²) in [5, 5.41) is 3.97. The van der Waals surface area contributed by atoms with Gasteiger partial charge in [0.2, 0.25) is 0 Å². The zero-order valence-electron chi connectivity index (χ0n) is 14.3. The van der Waals surface area contributed by atoms with Crippen molar-refractivity contribution >= 4 is 17.6 Å². The highest BCUT2D eigenvalue weighted by Gasteiger charge is 2.11. The third kappa shape index (κ3) is 5.28. The smallest absolute Gasteiger partial charge is 0.194 e. The number of imidazole rings is 1. The van der Waals surface area contributed by atoms with E-state index in [0.29, 0.717) is 24.8 Å². The van der Waals surface area contributed by atoms with Crippen LogP contribution in [0.15, 0.2) is 34.0 Å². The van der Waals surface area contributed by atoms with E-state index in [4.69, 9.17) is 20.8 Å². The lowest BCUT2D eigenvalue weighted by Gasteiger charge is -2.22. The molecule has 2 rings (SSSR count). The second-order valence-electron chi connectivity index (χ2n) is 5.37. The van der Waals surface area contributed by atoms with Crippen molar-refractivity contribution in [1.82, 2.24) is 19.8 Å². The topological polar surface area (TPSA) is 67.8 Å². The van der Waals surface area contributed by atoms with Crippen molar-refractivity contribution < 1.29 is 9.15 Å². The number of ether oxygens (including phenoxy) is 1. The monoisotopic (exact) mass is 353 g/mol. The molecule has 0 bridgehead atoms. The summed E-state index contributed by atoms with van der Waals surface area (Å²) < 4.78 is 12.3.